The van der Waals surface area contributed by atoms with Crippen LogP contribution in [0.3, 0.4) is 0 Å². The smallest absolute Gasteiger partial charge is 0.323 e. The molecule has 0 saturated carbocycles. The number of sulfonamides is 1. The van der Waals surface area contributed by atoms with Gasteiger partial charge in [0.2, 0.25) is 10.0 Å². The third-order valence-corrected chi connectivity index (χ3v) is 5.19. The first kappa shape index (κ1) is 15.7. The van der Waals surface area contributed by atoms with Crippen LogP contribution in [-0.2, 0) is 14.8 Å². The highest BCUT2D eigenvalue weighted by molar-refractivity contribution is 7.90. The molecule has 0 aliphatic carbocycles. The van der Waals surface area contributed by atoms with Gasteiger partial charge in [0.25, 0.3) is 0 Å². The van der Waals surface area contributed by atoms with E-state index in [0.717, 1.165) is 11.2 Å². The molecule has 1 unspecified atom stereocenters. The molecule has 1 rings (SSSR count). The topological polar surface area (TPSA) is 107 Å². The maximum Gasteiger partial charge on any atom is 0.323 e. The van der Waals surface area contributed by atoms with Crippen molar-refractivity contribution in [3.05, 3.63) is 0 Å². The maximum absolute atomic E-state index is 12.0. The Hall–Kier alpha value is -1.35. The molecule has 9 heteroatoms. The number of hydrogen-bond donors (Lipinski definition) is 2. The van der Waals surface area contributed by atoms with Gasteiger partial charge < -0.3 is 15.3 Å². The molecule has 1 fully saturated rings. The lowest BCUT2D eigenvalue weighted by atomic mass is 10.4. The fourth-order valence-electron chi connectivity index (χ4n) is 1.76. The van der Waals surface area contributed by atoms with Crippen LogP contribution in [0.4, 0.5) is 4.79 Å². The average molecular weight is 293 g/mol. The number of aliphatic carboxylic acids is 1. The van der Waals surface area contributed by atoms with Crippen molar-refractivity contribution in [2.75, 3.05) is 32.7 Å². The lowest BCUT2D eigenvalue weighted by molar-refractivity contribution is -0.136. The van der Waals surface area contributed by atoms with E-state index >= 15 is 0 Å². The zero-order chi connectivity index (χ0) is 14.6. The third kappa shape index (κ3) is 3.57. The molecule has 0 aromatic heterocycles. The van der Waals surface area contributed by atoms with Crippen molar-refractivity contribution in [3.63, 3.8) is 0 Å². The van der Waals surface area contributed by atoms with Crippen molar-refractivity contribution in [3.8, 4) is 0 Å². The minimum absolute atomic E-state index is 0.122. The van der Waals surface area contributed by atoms with Crippen LogP contribution >= 0.6 is 0 Å². The summed E-state index contributed by atoms with van der Waals surface area (Å²) < 4.78 is 25.0. The van der Waals surface area contributed by atoms with E-state index in [1.54, 1.807) is 6.92 Å². The van der Waals surface area contributed by atoms with E-state index in [4.69, 9.17) is 5.11 Å². The molecular formula is C10H19N3O5S. The molecular weight excluding hydrogens is 274 g/mol. The largest absolute Gasteiger partial charge is 0.480 e. The van der Waals surface area contributed by atoms with E-state index in [0.29, 0.717) is 6.54 Å². The molecule has 110 valence electrons. The summed E-state index contributed by atoms with van der Waals surface area (Å²) in [6.45, 7) is 4.22. The number of carboxylic acid groups (broad SMARTS) is 1. The second-order valence-electron chi connectivity index (χ2n) is 4.25. The minimum atomic E-state index is -3.85. The average Bonchev–Trinajstić information content (AvgIpc) is 2.38. The monoisotopic (exact) mass is 293 g/mol. The number of amides is 2. The maximum atomic E-state index is 12.0. The van der Waals surface area contributed by atoms with Crippen molar-refractivity contribution in [1.82, 2.24) is 14.5 Å². The molecule has 1 aliphatic rings. The molecule has 1 saturated heterocycles. The van der Waals surface area contributed by atoms with E-state index in [-0.39, 0.29) is 32.2 Å². The Morgan fingerprint density at radius 1 is 1.26 bits per heavy atom. The molecule has 0 aromatic rings. The molecule has 1 aliphatic heterocycles. The number of carboxylic acids is 1. The van der Waals surface area contributed by atoms with Crippen LogP contribution in [0.1, 0.15) is 13.8 Å². The van der Waals surface area contributed by atoms with Gasteiger partial charge in [0.1, 0.15) is 0 Å². The Kier molecular flexibility index (Phi) is 5.12. The Morgan fingerprint density at radius 2 is 1.79 bits per heavy atom. The van der Waals surface area contributed by atoms with Crippen LogP contribution in [0.15, 0.2) is 0 Å². The fourth-order valence-corrected chi connectivity index (χ4v) is 3.13. The summed E-state index contributed by atoms with van der Waals surface area (Å²) in [5.74, 6) is -1.37. The van der Waals surface area contributed by atoms with Crippen LogP contribution in [0.2, 0.25) is 0 Å². The molecule has 0 aromatic carbocycles. The van der Waals surface area contributed by atoms with Crippen LogP contribution < -0.4 is 5.32 Å². The van der Waals surface area contributed by atoms with Gasteiger partial charge in [-0.05, 0) is 13.8 Å². The van der Waals surface area contributed by atoms with Crippen molar-refractivity contribution >= 4 is 22.0 Å². The van der Waals surface area contributed by atoms with Crippen molar-refractivity contribution in [2.24, 2.45) is 0 Å². The first-order chi connectivity index (χ1) is 8.80. The molecule has 8 nitrogen and oxygen atoms in total. The zero-order valence-electron chi connectivity index (χ0n) is 11.0. The molecule has 19 heavy (non-hydrogen) atoms. The van der Waals surface area contributed by atoms with Gasteiger partial charge in [0.05, 0.1) is 0 Å². The van der Waals surface area contributed by atoms with Crippen LogP contribution in [0.5, 0.6) is 0 Å². The summed E-state index contributed by atoms with van der Waals surface area (Å²) in [7, 11) is -3.85. The molecule has 0 bridgehead atoms. The fraction of sp³-hybridized carbons (Fsp3) is 0.800. The van der Waals surface area contributed by atoms with E-state index in [1.165, 1.54) is 4.90 Å². The molecule has 2 N–H and O–H groups in total. The predicted octanol–water partition coefficient (Wildman–Crippen LogP) is -0.864. The normalized spacial score (nSPS) is 18.9. The number of urea groups is 1. The lowest BCUT2D eigenvalue weighted by Crippen LogP contribution is -2.55. The number of hydrogen-bond acceptors (Lipinski definition) is 4. The van der Waals surface area contributed by atoms with E-state index in [2.05, 4.69) is 5.32 Å². The SMILES string of the molecule is CCNC(=O)N1CCN(S(=O)(=O)C(C)C(=O)O)CC1. The summed E-state index contributed by atoms with van der Waals surface area (Å²) in [4.78, 5) is 23.8. The van der Waals surface area contributed by atoms with Gasteiger partial charge in [-0.25, -0.2) is 13.2 Å². The van der Waals surface area contributed by atoms with Gasteiger partial charge in [-0.2, -0.15) is 4.31 Å². The summed E-state index contributed by atoms with van der Waals surface area (Å²) >= 11 is 0. The second kappa shape index (κ2) is 6.20. The third-order valence-electron chi connectivity index (χ3n) is 3.01. The van der Waals surface area contributed by atoms with E-state index in [9.17, 15) is 18.0 Å². The Labute approximate surface area is 112 Å². The number of carbonyl (C=O) groups excluding carboxylic acids is 1. The van der Waals surface area contributed by atoms with Gasteiger partial charge >= 0.3 is 12.0 Å². The predicted molar refractivity (Wildman–Crippen MR) is 68.2 cm³/mol. The summed E-state index contributed by atoms with van der Waals surface area (Å²) in [6.07, 6.45) is 0. The molecule has 1 heterocycles. The summed E-state index contributed by atoms with van der Waals surface area (Å²) in [5.41, 5.74) is 0. The first-order valence-corrected chi connectivity index (χ1v) is 7.55. The van der Waals surface area contributed by atoms with Crippen LogP contribution in [0.25, 0.3) is 0 Å². The van der Waals surface area contributed by atoms with Crippen molar-refractivity contribution < 1.29 is 23.1 Å². The zero-order valence-corrected chi connectivity index (χ0v) is 11.8. The van der Waals surface area contributed by atoms with Crippen molar-refractivity contribution in [2.45, 2.75) is 19.1 Å². The van der Waals surface area contributed by atoms with Crippen LogP contribution in [0, 0.1) is 0 Å². The number of piperazine rings is 1. The standard InChI is InChI=1S/C10H19N3O5S/c1-3-11-10(16)12-4-6-13(7-5-12)19(17,18)8(2)9(14)15/h8H,3-7H2,1-2H3,(H,11,16)(H,14,15). The summed E-state index contributed by atoms with van der Waals surface area (Å²) in [5, 5.41) is 9.94. The minimum Gasteiger partial charge on any atom is -0.480 e. The van der Waals surface area contributed by atoms with Crippen molar-refractivity contribution in [1.29, 1.82) is 0 Å². The molecule has 2 amide bonds. The summed E-state index contributed by atoms with van der Waals surface area (Å²) in [6, 6.07) is -0.231. The number of nitrogens with one attached hydrogen (secondary N) is 1. The number of nitrogens with zero attached hydrogens (tertiary/aromatic N) is 2. The van der Waals surface area contributed by atoms with E-state index < -0.39 is 21.2 Å². The molecule has 0 radical (unpaired) electrons. The first-order valence-electron chi connectivity index (χ1n) is 6.05. The van der Waals surface area contributed by atoms with Gasteiger partial charge in [0, 0.05) is 32.7 Å². The number of rotatable bonds is 4. The van der Waals surface area contributed by atoms with Crippen LogP contribution in [-0.4, -0.2) is 72.7 Å². The lowest BCUT2D eigenvalue weighted by Gasteiger charge is -2.34. The highest BCUT2D eigenvalue weighted by Gasteiger charge is 2.36. The van der Waals surface area contributed by atoms with Gasteiger partial charge in [-0.1, -0.05) is 0 Å². The number of carbonyl (C=O) groups is 2. The highest BCUT2D eigenvalue weighted by atomic mass is 32.2. The molecule has 0 spiro atoms. The van der Waals surface area contributed by atoms with Gasteiger partial charge in [0.15, 0.2) is 5.25 Å². The van der Waals surface area contributed by atoms with Gasteiger partial charge in [-0.15, -0.1) is 0 Å². The Balaban J connectivity index is 2.63. The highest BCUT2D eigenvalue weighted by Crippen LogP contribution is 2.13. The second-order valence-corrected chi connectivity index (χ2v) is 6.50. The quantitative estimate of drug-likeness (QED) is 0.701. The Morgan fingerprint density at radius 3 is 2.21 bits per heavy atom. The molecule has 1 atom stereocenters. The van der Waals surface area contributed by atoms with Gasteiger partial charge in [-0.3, -0.25) is 4.79 Å². The Bertz CT molecular complexity index is 442. The van der Waals surface area contributed by atoms with E-state index in [1.807, 2.05) is 0 Å².